The van der Waals surface area contributed by atoms with Gasteiger partial charge in [0.05, 0.1) is 17.1 Å². The van der Waals surface area contributed by atoms with Gasteiger partial charge in [-0.1, -0.05) is 6.92 Å². The highest BCUT2D eigenvalue weighted by atomic mass is 32.1. The van der Waals surface area contributed by atoms with Gasteiger partial charge in [-0.3, -0.25) is 10.1 Å². The molecule has 0 saturated heterocycles. The Morgan fingerprint density at radius 2 is 1.85 bits per heavy atom. The van der Waals surface area contributed by atoms with Crippen LogP contribution in [0.4, 0.5) is 20.2 Å². The van der Waals surface area contributed by atoms with Crippen LogP contribution in [0.1, 0.15) is 16.7 Å². The molecule has 106 valence electrons. The summed E-state index contributed by atoms with van der Waals surface area (Å²) in [4.78, 5) is 11.8. The van der Waals surface area contributed by atoms with Crippen molar-refractivity contribution in [3.63, 3.8) is 0 Å². The minimum Gasteiger partial charge on any atom is -0.375 e. The van der Waals surface area contributed by atoms with Crippen LogP contribution in [0.3, 0.4) is 0 Å². The molecule has 0 aliphatic carbocycles. The molecule has 0 aliphatic rings. The standard InChI is InChI=1S/C13H12F2N2O2S/c1-2-9-3-4-10(20-9)7-16-13-11(14)5-8(17(18)19)6-12(13)15/h3-6,16H,2,7H2,1H3. The number of nitrogens with zero attached hydrogens (tertiary/aromatic N) is 1. The molecule has 2 aromatic rings. The summed E-state index contributed by atoms with van der Waals surface area (Å²) in [6.45, 7) is 2.30. The normalized spacial score (nSPS) is 10.6. The van der Waals surface area contributed by atoms with Crippen LogP contribution in [-0.2, 0) is 13.0 Å². The zero-order valence-corrected chi connectivity index (χ0v) is 11.5. The molecule has 4 nitrogen and oxygen atoms in total. The van der Waals surface area contributed by atoms with Gasteiger partial charge in [-0.05, 0) is 18.6 Å². The predicted octanol–water partition coefficient (Wildman–Crippen LogP) is 4.11. The van der Waals surface area contributed by atoms with Crippen molar-refractivity contribution in [2.24, 2.45) is 0 Å². The van der Waals surface area contributed by atoms with Crippen molar-refractivity contribution in [2.45, 2.75) is 19.9 Å². The largest absolute Gasteiger partial charge is 0.375 e. The Hall–Kier alpha value is -2.02. The Morgan fingerprint density at radius 1 is 1.25 bits per heavy atom. The number of hydrogen-bond donors (Lipinski definition) is 1. The maximum absolute atomic E-state index is 13.6. The third-order valence-electron chi connectivity index (χ3n) is 2.74. The molecule has 0 saturated carbocycles. The Labute approximate surface area is 118 Å². The molecule has 2 rings (SSSR count). The van der Waals surface area contributed by atoms with Crippen LogP contribution in [0.15, 0.2) is 24.3 Å². The summed E-state index contributed by atoms with van der Waals surface area (Å²) < 4.78 is 27.3. The van der Waals surface area contributed by atoms with E-state index >= 15 is 0 Å². The Balaban J connectivity index is 2.15. The molecule has 1 heterocycles. The first-order valence-corrected chi connectivity index (χ1v) is 6.77. The highest BCUT2D eigenvalue weighted by Crippen LogP contribution is 2.26. The first-order chi connectivity index (χ1) is 9.51. The number of hydrogen-bond acceptors (Lipinski definition) is 4. The van der Waals surface area contributed by atoms with Crippen molar-refractivity contribution in [3.05, 3.63) is 55.8 Å². The molecule has 7 heteroatoms. The van der Waals surface area contributed by atoms with Crippen LogP contribution >= 0.6 is 11.3 Å². The lowest BCUT2D eigenvalue weighted by atomic mass is 10.2. The van der Waals surface area contributed by atoms with Crippen LogP contribution < -0.4 is 5.32 Å². The Bertz CT molecular complexity index is 620. The SMILES string of the molecule is CCc1ccc(CNc2c(F)cc([N+](=O)[O-])cc2F)s1. The van der Waals surface area contributed by atoms with E-state index in [1.165, 1.54) is 4.88 Å². The maximum atomic E-state index is 13.6. The average molecular weight is 298 g/mol. The van der Waals surface area contributed by atoms with Gasteiger partial charge in [0.25, 0.3) is 5.69 Å². The van der Waals surface area contributed by atoms with Crippen molar-refractivity contribution in [2.75, 3.05) is 5.32 Å². The number of nitro groups is 1. The lowest BCUT2D eigenvalue weighted by Gasteiger charge is -2.07. The fraction of sp³-hybridized carbons (Fsp3) is 0.231. The number of nitrogens with one attached hydrogen (secondary N) is 1. The van der Waals surface area contributed by atoms with Crippen LogP contribution in [0.5, 0.6) is 0 Å². The highest BCUT2D eigenvalue weighted by Gasteiger charge is 2.16. The average Bonchev–Trinajstić information content (AvgIpc) is 2.85. The summed E-state index contributed by atoms with van der Waals surface area (Å²) in [5.41, 5.74) is -0.947. The van der Waals surface area contributed by atoms with Gasteiger partial charge >= 0.3 is 0 Å². The molecular weight excluding hydrogens is 286 g/mol. The van der Waals surface area contributed by atoms with E-state index in [-0.39, 0.29) is 12.2 Å². The first-order valence-electron chi connectivity index (χ1n) is 5.96. The second-order valence-electron chi connectivity index (χ2n) is 4.12. The number of benzene rings is 1. The van der Waals surface area contributed by atoms with Crippen molar-refractivity contribution in [1.29, 1.82) is 0 Å². The second-order valence-corrected chi connectivity index (χ2v) is 5.37. The fourth-order valence-corrected chi connectivity index (χ4v) is 2.61. The minimum absolute atomic E-state index is 0.274. The zero-order valence-electron chi connectivity index (χ0n) is 10.7. The third kappa shape index (κ3) is 3.11. The Morgan fingerprint density at radius 3 is 2.35 bits per heavy atom. The topological polar surface area (TPSA) is 55.2 Å². The van der Waals surface area contributed by atoms with E-state index < -0.39 is 22.2 Å². The Kier molecular flexibility index (Phi) is 4.29. The lowest BCUT2D eigenvalue weighted by molar-refractivity contribution is -0.385. The molecule has 0 unspecified atom stereocenters. The quantitative estimate of drug-likeness (QED) is 0.667. The van der Waals surface area contributed by atoms with Crippen LogP contribution in [-0.4, -0.2) is 4.92 Å². The molecule has 0 atom stereocenters. The van der Waals surface area contributed by atoms with Crippen molar-refractivity contribution >= 4 is 22.7 Å². The van der Waals surface area contributed by atoms with Gasteiger partial charge < -0.3 is 5.32 Å². The van der Waals surface area contributed by atoms with E-state index in [1.807, 2.05) is 19.1 Å². The van der Waals surface area contributed by atoms with Gasteiger partial charge in [0.15, 0.2) is 11.6 Å². The number of nitro benzene ring substituents is 1. The summed E-state index contributed by atoms with van der Waals surface area (Å²) in [5.74, 6) is -1.94. The van der Waals surface area contributed by atoms with Crippen LogP contribution in [0, 0.1) is 21.7 Å². The molecule has 0 fully saturated rings. The number of thiophene rings is 1. The van der Waals surface area contributed by atoms with E-state index in [0.29, 0.717) is 12.1 Å². The summed E-state index contributed by atoms with van der Waals surface area (Å²) >= 11 is 1.56. The smallest absolute Gasteiger partial charge is 0.275 e. The second kappa shape index (κ2) is 5.96. The van der Waals surface area contributed by atoms with E-state index in [1.54, 1.807) is 11.3 Å². The molecule has 0 amide bonds. The van der Waals surface area contributed by atoms with E-state index in [2.05, 4.69) is 5.32 Å². The van der Waals surface area contributed by atoms with Crippen LogP contribution in [0.2, 0.25) is 0 Å². The first kappa shape index (κ1) is 14.4. The van der Waals surface area contributed by atoms with E-state index in [9.17, 15) is 18.9 Å². The molecule has 1 aromatic heterocycles. The number of non-ortho nitro benzene ring substituents is 1. The van der Waals surface area contributed by atoms with Crippen LogP contribution in [0.25, 0.3) is 0 Å². The molecule has 0 radical (unpaired) electrons. The molecule has 1 N–H and O–H groups in total. The predicted molar refractivity (Wildman–Crippen MR) is 74.0 cm³/mol. The fourth-order valence-electron chi connectivity index (χ4n) is 1.72. The molecule has 0 spiro atoms. The number of halogens is 2. The van der Waals surface area contributed by atoms with Gasteiger partial charge in [-0.2, -0.15) is 0 Å². The van der Waals surface area contributed by atoms with Gasteiger partial charge in [0.2, 0.25) is 0 Å². The zero-order chi connectivity index (χ0) is 14.7. The molecule has 1 aromatic carbocycles. The molecule has 0 bridgehead atoms. The lowest BCUT2D eigenvalue weighted by Crippen LogP contribution is -2.03. The highest BCUT2D eigenvalue weighted by molar-refractivity contribution is 7.12. The van der Waals surface area contributed by atoms with E-state index in [0.717, 1.165) is 11.3 Å². The summed E-state index contributed by atoms with van der Waals surface area (Å²) in [7, 11) is 0. The minimum atomic E-state index is -0.969. The van der Waals surface area contributed by atoms with Gasteiger partial charge in [-0.15, -0.1) is 11.3 Å². The number of rotatable bonds is 5. The summed E-state index contributed by atoms with van der Waals surface area (Å²) in [5, 5.41) is 13.1. The van der Waals surface area contributed by atoms with E-state index in [4.69, 9.17) is 0 Å². The molecule has 0 aliphatic heterocycles. The summed E-state index contributed by atoms with van der Waals surface area (Å²) in [6.07, 6.45) is 0.908. The summed E-state index contributed by atoms with van der Waals surface area (Å²) in [6, 6.07) is 5.26. The number of aryl methyl sites for hydroxylation is 1. The third-order valence-corrected chi connectivity index (χ3v) is 3.97. The van der Waals surface area contributed by atoms with Gasteiger partial charge in [0.1, 0.15) is 5.69 Å². The molecule has 20 heavy (non-hydrogen) atoms. The maximum Gasteiger partial charge on any atom is 0.275 e. The van der Waals surface area contributed by atoms with Crippen molar-refractivity contribution in [1.82, 2.24) is 0 Å². The van der Waals surface area contributed by atoms with Crippen molar-refractivity contribution < 1.29 is 13.7 Å². The molecular formula is C13H12F2N2O2S. The number of anilines is 1. The van der Waals surface area contributed by atoms with Gasteiger partial charge in [0, 0.05) is 16.3 Å². The monoisotopic (exact) mass is 298 g/mol. The van der Waals surface area contributed by atoms with Crippen molar-refractivity contribution in [3.8, 4) is 0 Å². The van der Waals surface area contributed by atoms with Gasteiger partial charge in [-0.25, -0.2) is 8.78 Å².